The fourth-order valence-corrected chi connectivity index (χ4v) is 11.0. The summed E-state index contributed by atoms with van der Waals surface area (Å²) < 4.78 is 94.7. The largest absolute Gasteiger partial charge is 1.00 e. The maximum atomic E-state index is 13.6. The summed E-state index contributed by atoms with van der Waals surface area (Å²) >= 11 is 0. The van der Waals surface area contributed by atoms with Crippen LogP contribution in [-0.4, -0.2) is 72.0 Å². The van der Waals surface area contributed by atoms with E-state index in [1.54, 1.807) is 91.0 Å². The standard InChI is InChI=1S/C26H22N2O6S2.C19H15N5O3S.CH4.N3.Na/c1-18-9-12-21(13-10-18)36(31,32)34-16-15-33-20-11-14-24-23(17-20)26(28-27-24)35(29,30)25-8-4-6-19-5-2-3-7-22(19)25;20-24-21-10-11-27-14-8-9-17-16(12-14)19(23-22-17)28(25,26)18-7-3-5-13-4-1-2-6-15(13)18;;1-3-2;/h2-14,17H,15-16H2,1H3,(H,27,28);1-9,12H,10-11H2,(H,22,23);1H4;;/q;;;-1;+1. The maximum absolute atomic E-state index is 13.6. The second-order valence-electron chi connectivity index (χ2n) is 14.3. The van der Waals surface area contributed by atoms with Crippen molar-refractivity contribution in [3.05, 3.63) is 178 Å². The summed E-state index contributed by atoms with van der Waals surface area (Å²) in [6, 6.07) is 41.0. The zero-order valence-corrected chi connectivity index (χ0v) is 40.6. The molecule has 0 saturated carbocycles. The summed E-state index contributed by atoms with van der Waals surface area (Å²) in [5.41, 5.74) is 23.7. The summed E-state index contributed by atoms with van der Waals surface area (Å²) in [4.78, 5) is 4.62. The molecule has 7 aromatic carbocycles. The first-order valence-corrected chi connectivity index (χ1v) is 24.3. The summed E-state index contributed by atoms with van der Waals surface area (Å²) in [5.74, 6) is 0.825. The molecular formula is C46H41N10NaO9S3. The van der Waals surface area contributed by atoms with Crippen LogP contribution in [0.25, 0.3) is 69.8 Å². The number of H-pyrrole nitrogens is 2. The monoisotopic (exact) mass is 996 g/mol. The van der Waals surface area contributed by atoms with Crippen LogP contribution in [0.3, 0.4) is 0 Å². The SMILES string of the molecule is C.Cc1ccc(S(=O)(=O)OCCOc2ccc3n[nH]c(S(=O)(=O)c4cccc5ccccc45)c3c2)cc1.[N-]=[N+]=NCCOc1ccc2n[nH]c(S(=O)(=O)c3cccc4ccccc34)c2c1.[N-]=[N+]=[N-].[Na+]. The van der Waals surface area contributed by atoms with Gasteiger partial charge < -0.3 is 20.5 Å². The van der Waals surface area contributed by atoms with Crippen LogP contribution in [0.5, 0.6) is 11.5 Å². The van der Waals surface area contributed by atoms with Gasteiger partial charge in [-0.3, -0.25) is 19.3 Å². The minimum absolute atomic E-state index is 0. The second-order valence-corrected chi connectivity index (χ2v) is 19.6. The van der Waals surface area contributed by atoms with Crippen LogP contribution in [0.1, 0.15) is 13.0 Å². The Labute approximate surface area is 418 Å². The Bertz CT molecular complexity index is 3680. The van der Waals surface area contributed by atoms with E-state index in [0.717, 1.165) is 16.3 Å². The van der Waals surface area contributed by atoms with Crippen molar-refractivity contribution in [3.63, 3.8) is 0 Å². The first-order valence-electron chi connectivity index (χ1n) is 19.9. The van der Waals surface area contributed by atoms with Crippen molar-refractivity contribution in [2.24, 2.45) is 5.11 Å². The van der Waals surface area contributed by atoms with Gasteiger partial charge in [0, 0.05) is 26.5 Å². The quantitative estimate of drug-likeness (QED) is 0.0270. The van der Waals surface area contributed by atoms with Crippen LogP contribution in [0, 0.1) is 6.92 Å². The van der Waals surface area contributed by atoms with Gasteiger partial charge in [0.2, 0.25) is 19.7 Å². The molecule has 0 spiro atoms. The molecule has 0 bridgehead atoms. The van der Waals surface area contributed by atoms with Crippen LogP contribution >= 0.6 is 0 Å². The van der Waals surface area contributed by atoms with Gasteiger partial charge in [-0.05, 0) is 83.9 Å². The van der Waals surface area contributed by atoms with E-state index in [4.69, 9.17) is 30.3 Å². The van der Waals surface area contributed by atoms with E-state index in [0.29, 0.717) is 44.1 Å². The average Bonchev–Trinajstić information content (AvgIpc) is 3.97. The Kier molecular flexibility index (Phi) is 17.9. The van der Waals surface area contributed by atoms with Crippen LogP contribution in [0.15, 0.2) is 175 Å². The Morgan fingerprint density at radius 3 is 1.49 bits per heavy atom. The molecule has 0 amide bonds. The summed E-state index contributed by atoms with van der Waals surface area (Å²) in [5, 5.41) is 20.7. The molecule has 0 unspecified atom stereocenters. The predicted molar refractivity (Wildman–Crippen MR) is 257 cm³/mol. The molecular weight excluding hydrogens is 956 g/mol. The summed E-state index contributed by atoms with van der Waals surface area (Å²) in [6.45, 7) is 1.97. The fourth-order valence-electron chi connectivity index (χ4n) is 6.93. The maximum Gasteiger partial charge on any atom is 1.00 e. The average molecular weight is 997 g/mol. The molecule has 19 nitrogen and oxygen atoms in total. The van der Waals surface area contributed by atoms with Crippen LogP contribution in [0.2, 0.25) is 0 Å². The number of nitrogens with one attached hydrogen (secondary N) is 2. The van der Waals surface area contributed by atoms with Crippen LogP contribution in [0.4, 0.5) is 0 Å². The molecule has 0 aliphatic carbocycles. The number of aromatic nitrogens is 4. The molecule has 2 aromatic heterocycles. The van der Waals surface area contributed by atoms with Gasteiger partial charge in [0.05, 0.1) is 38.9 Å². The van der Waals surface area contributed by atoms with Crippen molar-refractivity contribution < 1.29 is 68.5 Å². The molecule has 348 valence electrons. The van der Waals surface area contributed by atoms with Crippen molar-refractivity contribution >= 4 is 73.1 Å². The number of fused-ring (bicyclic) bond motifs is 4. The number of hydrogen-bond donors (Lipinski definition) is 2. The molecule has 0 aliphatic heterocycles. The Morgan fingerprint density at radius 1 is 0.565 bits per heavy atom. The number of aromatic amines is 2. The van der Waals surface area contributed by atoms with Gasteiger partial charge in [0.1, 0.15) is 24.7 Å². The molecule has 69 heavy (non-hydrogen) atoms. The molecule has 0 atom stereocenters. The third-order valence-corrected chi connectivity index (χ3v) is 14.9. The van der Waals surface area contributed by atoms with Gasteiger partial charge in [0.15, 0.2) is 10.1 Å². The van der Waals surface area contributed by atoms with Crippen molar-refractivity contribution in [3.8, 4) is 11.5 Å². The first-order chi connectivity index (χ1) is 32.3. The zero-order valence-electron chi connectivity index (χ0n) is 36.2. The van der Waals surface area contributed by atoms with E-state index in [-0.39, 0.29) is 88.1 Å². The Morgan fingerprint density at radius 2 is 1.01 bits per heavy atom. The number of azide groups is 1. The Hall–Kier alpha value is -6.97. The molecule has 0 fully saturated rings. The van der Waals surface area contributed by atoms with Gasteiger partial charge in [-0.1, -0.05) is 103 Å². The van der Waals surface area contributed by atoms with Crippen molar-refractivity contribution in [2.45, 2.75) is 39.1 Å². The summed E-state index contributed by atoms with van der Waals surface area (Å²) in [6.07, 6.45) is 0. The molecule has 23 heteroatoms. The number of ether oxygens (including phenoxy) is 2. The number of hydrogen-bond acceptors (Lipinski definition) is 12. The van der Waals surface area contributed by atoms with Crippen LogP contribution < -0.4 is 39.0 Å². The second kappa shape index (κ2) is 23.4. The van der Waals surface area contributed by atoms with Crippen LogP contribution in [-0.2, 0) is 34.0 Å². The minimum Gasteiger partial charge on any atom is -0.493 e. The van der Waals surface area contributed by atoms with Crippen molar-refractivity contribution in [1.82, 2.24) is 20.4 Å². The molecule has 9 rings (SSSR count). The number of benzene rings is 7. The van der Waals surface area contributed by atoms with E-state index in [2.05, 4.69) is 30.4 Å². The molecule has 0 aliphatic rings. The van der Waals surface area contributed by atoms with Gasteiger partial charge >= 0.3 is 29.6 Å². The smallest absolute Gasteiger partial charge is 0.493 e. The van der Waals surface area contributed by atoms with E-state index in [9.17, 15) is 25.3 Å². The molecule has 9 aromatic rings. The molecule has 2 heterocycles. The Balaban J connectivity index is 0.000000243. The minimum atomic E-state index is -3.92. The van der Waals surface area contributed by atoms with E-state index >= 15 is 0 Å². The third-order valence-electron chi connectivity index (χ3n) is 10.0. The summed E-state index contributed by atoms with van der Waals surface area (Å²) in [7, 11) is -11.7. The number of nitrogens with zero attached hydrogens (tertiary/aromatic N) is 8. The molecule has 2 N–H and O–H groups in total. The van der Waals surface area contributed by atoms with Crippen molar-refractivity contribution in [2.75, 3.05) is 26.4 Å². The number of rotatable bonds is 14. The first kappa shape index (κ1) is 53.0. The van der Waals surface area contributed by atoms with Gasteiger partial charge in [0.25, 0.3) is 10.1 Å². The van der Waals surface area contributed by atoms with Crippen molar-refractivity contribution in [1.29, 1.82) is 0 Å². The van der Waals surface area contributed by atoms with Gasteiger partial charge in [-0.25, -0.2) is 16.8 Å². The third kappa shape index (κ3) is 12.0. The van der Waals surface area contributed by atoms with Gasteiger partial charge in [-0.15, -0.1) is 0 Å². The zero-order chi connectivity index (χ0) is 47.6. The van der Waals surface area contributed by atoms with E-state index in [1.807, 2.05) is 49.4 Å². The fraction of sp³-hybridized carbons (Fsp3) is 0.130. The van der Waals surface area contributed by atoms with E-state index < -0.39 is 29.8 Å². The van der Waals surface area contributed by atoms with E-state index in [1.165, 1.54) is 17.0 Å². The topological polar surface area (TPSA) is 295 Å². The predicted octanol–water partition coefficient (Wildman–Crippen LogP) is 7.39. The molecule has 0 saturated heterocycles. The normalized spacial score (nSPS) is 11.1. The molecule has 0 radical (unpaired) electrons. The number of sulfone groups is 2. The number of aryl methyl sites for hydroxylation is 1. The van der Waals surface area contributed by atoms with Gasteiger partial charge in [-0.2, -0.15) is 18.6 Å².